The largest absolute Gasteiger partial charge is 0.491 e. The fourth-order valence-electron chi connectivity index (χ4n) is 2.00. The van der Waals surface area contributed by atoms with Crippen LogP contribution < -0.4 is 4.74 Å². The highest BCUT2D eigenvalue weighted by Crippen LogP contribution is 2.21. The van der Waals surface area contributed by atoms with E-state index in [1.807, 2.05) is 44.1 Å². The molecule has 5 nitrogen and oxygen atoms in total. The minimum atomic E-state index is 0. The van der Waals surface area contributed by atoms with Gasteiger partial charge in [-0.15, -0.1) is 24.0 Å². The number of hydrogen-bond donors (Lipinski definition) is 0. The van der Waals surface area contributed by atoms with E-state index in [4.69, 9.17) is 9.47 Å². The molecular weight excluding hydrogens is 393 g/mol. The molecule has 0 spiro atoms. The van der Waals surface area contributed by atoms with E-state index in [9.17, 15) is 0 Å². The molecule has 0 N–H and O–H groups in total. The van der Waals surface area contributed by atoms with Crippen molar-refractivity contribution in [2.75, 3.05) is 48.5 Å². The summed E-state index contributed by atoms with van der Waals surface area (Å²) < 4.78 is 10.8. The van der Waals surface area contributed by atoms with E-state index in [0.29, 0.717) is 19.8 Å². The van der Waals surface area contributed by atoms with Crippen molar-refractivity contribution in [2.24, 2.45) is 4.99 Å². The Kier molecular flexibility index (Phi) is 10.2. The molecule has 0 amide bonds. The van der Waals surface area contributed by atoms with Crippen LogP contribution in [0.2, 0.25) is 0 Å². The first-order chi connectivity index (χ1) is 9.95. The maximum absolute atomic E-state index is 5.79. The molecule has 0 aromatic heterocycles. The number of nitrogens with zero attached hydrogens (tertiary/aromatic N) is 3. The normalized spacial score (nSPS) is 9.73. The van der Waals surface area contributed by atoms with Gasteiger partial charge in [0.05, 0.1) is 13.2 Å². The topological polar surface area (TPSA) is 37.3 Å². The Balaban J connectivity index is 0.00000441. The predicted molar refractivity (Wildman–Crippen MR) is 102 cm³/mol. The molecule has 22 heavy (non-hydrogen) atoms. The molecule has 6 heteroatoms. The van der Waals surface area contributed by atoms with Gasteiger partial charge in [0.15, 0.2) is 5.96 Å². The van der Waals surface area contributed by atoms with Gasteiger partial charge >= 0.3 is 0 Å². The number of rotatable bonds is 6. The van der Waals surface area contributed by atoms with Gasteiger partial charge in [-0.3, -0.25) is 0 Å². The van der Waals surface area contributed by atoms with Gasteiger partial charge in [0.25, 0.3) is 0 Å². The summed E-state index contributed by atoms with van der Waals surface area (Å²) >= 11 is 0. The fourth-order valence-corrected chi connectivity index (χ4v) is 2.00. The molecular formula is C16H28IN3O2. The Morgan fingerprint density at radius 1 is 1.09 bits per heavy atom. The molecule has 0 bridgehead atoms. The van der Waals surface area contributed by atoms with Crippen LogP contribution in [-0.2, 0) is 11.3 Å². The summed E-state index contributed by atoms with van der Waals surface area (Å²) in [7, 11) is 9.63. The average Bonchev–Trinajstić information content (AvgIpc) is 2.40. The molecule has 0 radical (unpaired) electrons. The van der Waals surface area contributed by atoms with Crippen molar-refractivity contribution in [1.29, 1.82) is 0 Å². The summed E-state index contributed by atoms with van der Waals surface area (Å²) in [6.45, 7) is 3.78. The lowest BCUT2D eigenvalue weighted by Crippen LogP contribution is -2.35. The van der Waals surface area contributed by atoms with Gasteiger partial charge < -0.3 is 19.3 Å². The van der Waals surface area contributed by atoms with E-state index in [1.165, 1.54) is 5.56 Å². The molecule has 0 aliphatic rings. The lowest BCUT2D eigenvalue weighted by atomic mass is 10.1. The van der Waals surface area contributed by atoms with E-state index in [1.54, 1.807) is 7.11 Å². The summed E-state index contributed by atoms with van der Waals surface area (Å²) in [5.41, 5.74) is 2.26. The summed E-state index contributed by atoms with van der Waals surface area (Å²) in [5, 5.41) is 0. The lowest BCUT2D eigenvalue weighted by molar-refractivity contribution is 0.145. The molecule has 0 aliphatic carbocycles. The molecule has 0 fully saturated rings. The van der Waals surface area contributed by atoms with E-state index in [-0.39, 0.29) is 24.0 Å². The van der Waals surface area contributed by atoms with Crippen LogP contribution in [0.15, 0.2) is 23.2 Å². The average molecular weight is 421 g/mol. The van der Waals surface area contributed by atoms with Crippen molar-refractivity contribution >= 4 is 29.9 Å². The van der Waals surface area contributed by atoms with Crippen molar-refractivity contribution in [3.63, 3.8) is 0 Å². The van der Waals surface area contributed by atoms with Crippen molar-refractivity contribution in [3.8, 4) is 5.75 Å². The van der Waals surface area contributed by atoms with E-state index >= 15 is 0 Å². The van der Waals surface area contributed by atoms with Crippen LogP contribution in [0.3, 0.4) is 0 Å². The Morgan fingerprint density at radius 2 is 1.73 bits per heavy atom. The lowest BCUT2D eigenvalue weighted by Gasteiger charge is -2.23. The predicted octanol–water partition coefficient (Wildman–Crippen LogP) is 2.62. The van der Waals surface area contributed by atoms with Gasteiger partial charge in [0.1, 0.15) is 12.4 Å². The maximum atomic E-state index is 5.79. The van der Waals surface area contributed by atoms with Crippen LogP contribution in [0.5, 0.6) is 5.75 Å². The first-order valence-corrected chi connectivity index (χ1v) is 7.06. The number of aryl methyl sites for hydroxylation is 1. The highest BCUT2D eigenvalue weighted by Gasteiger charge is 2.07. The molecule has 126 valence electrons. The molecule has 0 aliphatic heterocycles. The van der Waals surface area contributed by atoms with Crippen LogP contribution >= 0.6 is 24.0 Å². The molecule has 1 aromatic rings. The van der Waals surface area contributed by atoms with E-state index in [2.05, 4.69) is 24.0 Å². The smallest absolute Gasteiger partial charge is 0.195 e. The summed E-state index contributed by atoms with van der Waals surface area (Å²) in [5.74, 6) is 1.81. The second kappa shape index (κ2) is 10.7. The van der Waals surface area contributed by atoms with Crippen LogP contribution in [-0.4, -0.2) is 64.3 Å². The molecule has 0 heterocycles. The van der Waals surface area contributed by atoms with Crippen molar-refractivity contribution in [1.82, 2.24) is 9.80 Å². The van der Waals surface area contributed by atoms with Crippen LogP contribution in [0.1, 0.15) is 11.1 Å². The maximum Gasteiger partial charge on any atom is 0.195 e. The number of methoxy groups -OCH3 is 1. The van der Waals surface area contributed by atoms with Crippen molar-refractivity contribution in [2.45, 2.75) is 13.5 Å². The third-order valence-corrected chi connectivity index (χ3v) is 2.96. The highest BCUT2D eigenvalue weighted by atomic mass is 127. The number of halogens is 1. The number of aliphatic imine (C=N–C) groups is 1. The van der Waals surface area contributed by atoms with Gasteiger partial charge in [-0.1, -0.05) is 12.1 Å². The van der Waals surface area contributed by atoms with E-state index in [0.717, 1.165) is 17.3 Å². The highest BCUT2D eigenvalue weighted by molar-refractivity contribution is 14.0. The number of hydrogen-bond acceptors (Lipinski definition) is 3. The first-order valence-electron chi connectivity index (χ1n) is 7.06. The molecule has 0 unspecified atom stereocenters. The second-order valence-corrected chi connectivity index (χ2v) is 5.36. The first kappa shape index (κ1) is 21.0. The van der Waals surface area contributed by atoms with Crippen molar-refractivity contribution in [3.05, 3.63) is 29.3 Å². The second-order valence-electron chi connectivity index (χ2n) is 5.36. The van der Waals surface area contributed by atoms with Crippen LogP contribution in [0.4, 0.5) is 0 Å². The zero-order valence-electron chi connectivity index (χ0n) is 14.4. The Morgan fingerprint density at radius 3 is 2.27 bits per heavy atom. The van der Waals surface area contributed by atoms with Gasteiger partial charge in [-0.2, -0.15) is 0 Å². The SMILES string of the molecule is COCCOc1cc(C)ccc1CN=C(N(C)C)N(C)C.I. The minimum Gasteiger partial charge on any atom is -0.491 e. The Labute approximate surface area is 151 Å². The van der Waals surface area contributed by atoms with E-state index < -0.39 is 0 Å². The molecule has 1 aromatic carbocycles. The molecule has 0 saturated carbocycles. The number of benzene rings is 1. The summed E-state index contributed by atoms with van der Waals surface area (Å²) in [4.78, 5) is 8.67. The van der Waals surface area contributed by atoms with Crippen molar-refractivity contribution < 1.29 is 9.47 Å². The molecule has 0 saturated heterocycles. The third kappa shape index (κ3) is 6.83. The fraction of sp³-hybridized carbons (Fsp3) is 0.562. The molecule has 0 atom stereocenters. The van der Waals surface area contributed by atoms with Gasteiger partial charge in [-0.25, -0.2) is 4.99 Å². The minimum absolute atomic E-state index is 0. The van der Waals surface area contributed by atoms with Gasteiger partial charge in [0, 0.05) is 40.9 Å². The third-order valence-electron chi connectivity index (χ3n) is 2.96. The summed E-state index contributed by atoms with van der Waals surface area (Å²) in [6, 6.07) is 6.20. The Bertz CT molecular complexity index is 466. The zero-order chi connectivity index (χ0) is 15.8. The standard InChI is InChI=1S/C16H27N3O2.HI/c1-13-7-8-14(15(11-13)21-10-9-20-6)12-17-16(18(2)3)19(4)5;/h7-8,11H,9-10,12H2,1-6H3;1H. The Hall–Kier alpha value is -1.02. The monoisotopic (exact) mass is 421 g/mol. The quantitative estimate of drug-likeness (QED) is 0.306. The summed E-state index contributed by atoms with van der Waals surface area (Å²) in [6.07, 6.45) is 0. The van der Waals surface area contributed by atoms with Gasteiger partial charge in [-0.05, 0) is 18.6 Å². The van der Waals surface area contributed by atoms with Crippen LogP contribution in [0, 0.1) is 6.92 Å². The van der Waals surface area contributed by atoms with Gasteiger partial charge in [0.2, 0.25) is 0 Å². The molecule has 1 rings (SSSR count). The zero-order valence-corrected chi connectivity index (χ0v) is 16.8. The number of guanidine groups is 1. The number of ether oxygens (including phenoxy) is 2. The van der Waals surface area contributed by atoms with Crippen LogP contribution in [0.25, 0.3) is 0 Å².